The van der Waals surface area contributed by atoms with Crippen LogP contribution in [0.1, 0.15) is 24.4 Å². The Balaban J connectivity index is 0.00000128. The van der Waals surface area contributed by atoms with Gasteiger partial charge < -0.3 is 0 Å². The minimum atomic E-state index is 0. The van der Waals surface area contributed by atoms with E-state index in [-0.39, 0.29) is 7.43 Å². The lowest BCUT2D eigenvalue weighted by Gasteiger charge is -1.91. The van der Waals surface area contributed by atoms with Crippen LogP contribution in [0.5, 0.6) is 0 Å². The summed E-state index contributed by atoms with van der Waals surface area (Å²) in [6.07, 6.45) is 0. The molecule has 16 heavy (non-hydrogen) atoms. The van der Waals surface area contributed by atoms with E-state index in [1.54, 1.807) is 0 Å². The zero-order valence-electron chi connectivity index (χ0n) is 8.57. The lowest BCUT2D eigenvalue weighted by molar-refractivity contribution is 1.18. The van der Waals surface area contributed by atoms with Crippen molar-refractivity contribution in [2.24, 2.45) is 0 Å². The number of hydrogen-bond donors (Lipinski definition) is 0. The summed E-state index contributed by atoms with van der Waals surface area (Å²) in [6.45, 7) is 1.97. The monoisotopic (exact) mass is 209 g/mol. The van der Waals surface area contributed by atoms with Crippen LogP contribution in [0, 0.1) is 18.8 Å². The summed E-state index contributed by atoms with van der Waals surface area (Å²) in [7, 11) is 0. The lowest BCUT2D eigenvalue weighted by Crippen LogP contribution is -1.84. The Morgan fingerprint density at radius 3 is 2.31 bits per heavy atom. The zero-order valence-corrected chi connectivity index (χ0v) is 8.57. The first-order chi connectivity index (χ1) is 7.34. The molecule has 1 aromatic carbocycles. The number of aryl methyl sites for hydroxylation is 1. The first-order valence-corrected chi connectivity index (χ1v) is 4.85. The summed E-state index contributed by atoms with van der Waals surface area (Å²) in [5, 5.41) is 0. The van der Waals surface area contributed by atoms with Gasteiger partial charge in [-0.3, -0.25) is 0 Å². The third-order valence-electron chi connectivity index (χ3n) is 2.00. The lowest BCUT2D eigenvalue weighted by atomic mass is 10.2. The van der Waals surface area contributed by atoms with Gasteiger partial charge in [0.25, 0.3) is 0 Å². The highest BCUT2D eigenvalue weighted by atomic mass is 14.7. The van der Waals surface area contributed by atoms with E-state index in [2.05, 4.69) is 16.8 Å². The number of benzene rings is 1. The van der Waals surface area contributed by atoms with Crippen molar-refractivity contribution in [3.8, 4) is 11.8 Å². The van der Waals surface area contributed by atoms with E-state index in [0.717, 1.165) is 17.0 Å². The van der Waals surface area contributed by atoms with Gasteiger partial charge in [-0.05, 0) is 37.1 Å². The molecule has 80 valence electrons. The Morgan fingerprint density at radius 1 is 0.875 bits per heavy atom. The van der Waals surface area contributed by atoms with Crippen LogP contribution < -0.4 is 0 Å². The maximum Gasteiger partial charge on any atom is 0.113 e. The van der Waals surface area contributed by atoms with Gasteiger partial charge in [0, 0.05) is 11.3 Å². The van der Waals surface area contributed by atoms with Crippen molar-refractivity contribution < 1.29 is 0 Å². The van der Waals surface area contributed by atoms with Crippen LogP contribution in [0.4, 0.5) is 0 Å². The first-order valence-electron chi connectivity index (χ1n) is 4.85. The summed E-state index contributed by atoms with van der Waals surface area (Å²) in [6, 6.07) is 15.8. The molecule has 1 heteroatoms. The van der Waals surface area contributed by atoms with E-state index >= 15 is 0 Å². The fourth-order valence-electron chi connectivity index (χ4n) is 1.27. The molecule has 0 amide bonds. The molecule has 0 aliphatic rings. The van der Waals surface area contributed by atoms with Crippen molar-refractivity contribution in [1.29, 1.82) is 0 Å². The normalized spacial score (nSPS) is 8.56. The van der Waals surface area contributed by atoms with Crippen molar-refractivity contribution in [2.75, 3.05) is 0 Å². The molecule has 0 aliphatic heterocycles. The molecule has 0 unspecified atom stereocenters. The molecule has 0 spiro atoms. The Morgan fingerprint density at radius 2 is 1.62 bits per heavy atom. The summed E-state index contributed by atoms with van der Waals surface area (Å²) in [5.41, 5.74) is 2.83. The van der Waals surface area contributed by atoms with Gasteiger partial charge in [-0.15, -0.1) is 0 Å². The minimum Gasteiger partial charge on any atom is -0.245 e. The summed E-state index contributed by atoms with van der Waals surface area (Å²) < 4.78 is 0. The third-order valence-corrected chi connectivity index (χ3v) is 2.00. The van der Waals surface area contributed by atoms with Crippen molar-refractivity contribution in [1.82, 2.24) is 4.98 Å². The summed E-state index contributed by atoms with van der Waals surface area (Å²) in [4.78, 5) is 4.31. The average Bonchev–Trinajstić information content (AvgIpc) is 2.28. The summed E-state index contributed by atoms with van der Waals surface area (Å²) >= 11 is 0. The number of aromatic nitrogens is 1. The third kappa shape index (κ3) is 3.25. The van der Waals surface area contributed by atoms with E-state index in [0.29, 0.717) is 0 Å². The van der Waals surface area contributed by atoms with E-state index in [1.807, 2.05) is 55.5 Å². The fraction of sp³-hybridized carbons (Fsp3) is 0.133. The van der Waals surface area contributed by atoms with Gasteiger partial charge in [0.2, 0.25) is 0 Å². The number of rotatable bonds is 0. The minimum absolute atomic E-state index is 0. The molecule has 1 aromatic heterocycles. The van der Waals surface area contributed by atoms with Gasteiger partial charge >= 0.3 is 0 Å². The van der Waals surface area contributed by atoms with Crippen molar-refractivity contribution in [2.45, 2.75) is 14.4 Å². The zero-order chi connectivity index (χ0) is 10.5. The van der Waals surface area contributed by atoms with Gasteiger partial charge in [-0.25, -0.2) is 4.98 Å². The molecule has 0 saturated heterocycles. The van der Waals surface area contributed by atoms with E-state index in [1.165, 1.54) is 0 Å². The van der Waals surface area contributed by atoms with Gasteiger partial charge in [0.05, 0.1) is 0 Å². The average molecular weight is 209 g/mol. The predicted octanol–water partition coefficient (Wildman–Crippen LogP) is 3.43. The Kier molecular flexibility index (Phi) is 4.29. The Bertz CT molecular complexity index is 504. The van der Waals surface area contributed by atoms with Gasteiger partial charge in [0.15, 0.2) is 0 Å². The highest BCUT2D eigenvalue weighted by Crippen LogP contribution is 1.98. The summed E-state index contributed by atoms with van der Waals surface area (Å²) in [5.74, 6) is 6.12. The topological polar surface area (TPSA) is 12.9 Å². The molecule has 1 nitrogen and oxygen atoms in total. The van der Waals surface area contributed by atoms with Crippen LogP contribution in [0.2, 0.25) is 0 Å². The molecular weight excluding hydrogens is 194 g/mol. The Hall–Kier alpha value is -2.07. The van der Waals surface area contributed by atoms with Crippen LogP contribution in [-0.4, -0.2) is 4.98 Å². The number of pyridine rings is 1. The van der Waals surface area contributed by atoms with Crippen molar-refractivity contribution >= 4 is 0 Å². The van der Waals surface area contributed by atoms with Crippen LogP contribution in [0.15, 0.2) is 48.5 Å². The van der Waals surface area contributed by atoms with Gasteiger partial charge in [-0.2, -0.15) is 0 Å². The maximum atomic E-state index is 4.31. The van der Waals surface area contributed by atoms with E-state index in [4.69, 9.17) is 0 Å². The van der Waals surface area contributed by atoms with Crippen molar-refractivity contribution in [3.63, 3.8) is 0 Å². The van der Waals surface area contributed by atoms with E-state index in [9.17, 15) is 0 Å². The molecule has 0 bridgehead atoms. The molecule has 0 aliphatic carbocycles. The highest BCUT2D eigenvalue weighted by molar-refractivity contribution is 5.39. The molecule has 0 saturated carbocycles. The molecule has 0 N–H and O–H groups in total. The van der Waals surface area contributed by atoms with Gasteiger partial charge in [0.1, 0.15) is 5.69 Å². The van der Waals surface area contributed by atoms with Crippen LogP contribution in [0.25, 0.3) is 0 Å². The van der Waals surface area contributed by atoms with Crippen LogP contribution in [-0.2, 0) is 0 Å². The molecular formula is C15H15N. The predicted molar refractivity (Wildman–Crippen MR) is 68.1 cm³/mol. The van der Waals surface area contributed by atoms with Crippen molar-refractivity contribution in [3.05, 3.63) is 65.5 Å². The van der Waals surface area contributed by atoms with E-state index < -0.39 is 0 Å². The number of hydrogen-bond acceptors (Lipinski definition) is 1. The molecule has 0 radical (unpaired) electrons. The molecule has 0 atom stereocenters. The smallest absolute Gasteiger partial charge is 0.113 e. The SMILES string of the molecule is C.Cc1cccc(C#Cc2ccccc2)n1. The Labute approximate surface area is 97.2 Å². The largest absolute Gasteiger partial charge is 0.245 e. The second-order valence-corrected chi connectivity index (χ2v) is 3.28. The second-order valence-electron chi connectivity index (χ2n) is 3.28. The molecule has 2 rings (SSSR count). The molecule has 1 heterocycles. The number of nitrogens with zero attached hydrogens (tertiary/aromatic N) is 1. The quantitative estimate of drug-likeness (QED) is 0.606. The van der Waals surface area contributed by atoms with Crippen LogP contribution >= 0.6 is 0 Å². The standard InChI is InChI=1S/C14H11N.CH4/c1-12-6-5-9-14(15-12)11-10-13-7-3-2-4-8-13;/h2-9H,1H3;1H4. The molecule has 0 fully saturated rings. The fourth-order valence-corrected chi connectivity index (χ4v) is 1.27. The molecule has 2 aromatic rings. The first kappa shape index (κ1) is 12.0. The highest BCUT2D eigenvalue weighted by Gasteiger charge is 1.88. The van der Waals surface area contributed by atoms with Crippen LogP contribution in [0.3, 0.4) is 0 Å². The second kappa shape index (κ2) is 5.72. The van der Waals surface area contributed by atoms with Gasteiger partial charge in [-0.1, -0.05) is 37.6 Å². The maximum absolute atomic E-state index is 4.31.